The number of amides is 1. The zero-order chi connectivity index (χ0) is 14.1. The van der Waals surface area contributed by atoms with Crippen molar-refractivity contribution in [1.82, 2.24) is 5.32 Å². The highest BCUT2D eigenvalue weighted by Gasteiger charge is 2.10. The predicted octanol–water partition coefficient (Wildman–Crippen LogP) is 2.83. The van der Waals surface area contributed by atoms with E-state index in [0.717, 1.165) is 17.7 Å². The fraction of sp³-hybridized carbons (Fsp3) is 0.429. The van der Waals surface area contributed by atoms with Crippen LogP contribution >= 0.6 is 11.8 Å². The minimum absolute atomic E-state index is 0.0839. The predicted molar refractivity (Wildman–Crippen MR) is 76.2 cm³/mol. The Morgan fingerprint density at radius 2 is 2.05 bits per heavy atom. The molecule has 0 heterocycles. The van der Waals surface area contributed by atoms with Gasteiger partial charge in [-0.2, -0.15) is 0 Å². The van der Waals surface area contributed by atoms with Crippen LogP contribution in [0, 0.1) is 0 Å². The molecule has 1 rings (SSSR count). The highest BCUT2D eigenvalue weighted by molar-refractivity contribution is 7.99. The SMILES string of the molecule is CCCCNC(=O)c1ccccc1SCOC(C)=O. The van der Waals surface area contributed by atoms with E-state index in [1.165, 1.54) is 18.7 Å². The van der Waals surface area contributed by atoms with Crippen LogP contribution in [0.15, 0.2) is 29.2 Å². The molecule has 0 bridgehead atoms. The lowest BCUT2D eigenvalue weighted by atomic mass is 10.2. The lowest BCUT2D eigenvalue weighted by Gasteiger charge is -2.09. The summed E-state index contributed by atoms with van der Waals surface area (Å²) in [6, 6.07) is 7.31. The first-order valence-electron chi connectivity index (χ1n) is 6.28. The van der Waals surface area contributed by atoms with Crippen LogP contribution in [0.5, 0.6) is 0 Å². The van der Waals surface area contributed by atoms with Crippen LogP contribution in [0.1, 0.15) is 37.0 Å². The van der Waals surface area contributed by atoms with Crippen LogP contribution in [0.2, 0.25) is 0 Å². The number of hydrogen-bond acceptors (Lipinski definition) is 4. The minimum Gasteiger partial charge on any atom is -0.454 e. The third-order valence-electron chi connectivity index (χ3n) is 2.42. The Labute approximate surface area is 117 Å². The molecule has 4 nitrogen and oxygen atoms in total. The smallest absolute Gasteiger partial charge is 0.303 e. The average Bonchev–Trinajstić information content (AvgIpc) is 2.39. The second-order valence-electron chi connectivity index (χ2n) is 4.00. The van der Waals surface area contributed by atoms with Gasteiger partial charge in [-0.15, -0.1) is 0 Å². The summed E-state index contributed by atoms with van der Waals surface area (Å²) in [5.74, 6) is -0.189. The molecule has 0 fully saturated rings. The van der Waals surface area contributed by atoms with E-state index in [2.05, 4.69) is 12.2 Å². The van der Waals surface area contributed by atoms with Crippen molar-refractivity contribution in [3.63, 3.8) is 0 Å². The van der Waals surface area contributed by atoms with Gasteiger partial charge in [-0.1, -0.05) is 37.2 Å². The molecule has 0 aliphatic carbocycles. The Morgan fingerprint density at radius 1 is 1.32 bits per heavy atom. The van der Waals surface area contributed by atoms with E-state index in [1.807, 2.05) is 18.2 Å². The molecule has 1 N–H and O–H groups in total. The van der Waals surface area contributed by atoms with Gasteiger partial charge in [-0.05, 0) is 18.6 Å². The Hall–Kier alpha value is -1.49. The zero-order valence-electron chi connectivity index (χ0n) is 11.3. The fourth-order valence-corrected chi connectivity index (χ4v) is 2.27. The molecule has 0 radical (unpaired) electrons. The van der Waals surface area contributed by atoms with Crippen molar-refractivity contribution >= 4 is 23.6 Å². The van der Waals surface area contributed by atoms with Gasteiger partial charge < -0.3 is 10.1 Å². The molecule has 104 valence electrons. The summed E-state index contributed by atoms with van der Waals surface area (Å²) in [4.78, 5) is 23.5. The molecule has 0 aromatic heterocycles. The van der Waals surface area contributed by atoms with E-state index in [-0.39, 0.29) is 17.8 Å². The number of rotatable bonds is 7. The third-order valence-corrected chi connectivity index (χ3v) is 3.33. The van der Waals surface area contributed by atoms with Gasteiger partial charge in [0.2, 0.25) is 0 Å². The molecule has 0 aliphatic rings. The number of carbonyl (C=O) groups is 2. The van der Waals surface area contributed by atoms with Crippen molar-refractivity contribution < 1.29 is 14.3 Å². The number of benzene rings is 1. The Balaban J connectivity index is 2.61. The largest absolute Gasteiger partial charge is 0.454 e. The summed E-state index contributed by atoms with van der Waals surface area (Å²) in [5, 5.41) is 2.88. The molecule has 1 aromatic carbocycles. The van der Waals surface area contributed by atoms with Gasteiger partial charge in [-0.3, -0.25) is 9.59 Å². The van der Waals surface area contributed by atoms with Crippen LogP contribution in [0.3, 0.4) is 0 Å². The summed E-state index contributed by atoms with van der Waals surface area (Å²) in [5.41, 5.74) is 0.621. The van der Waals surface area contributed by atoms with E-state index in [0.29, 0.717) is 12.1 Å². The first kappa shape index (κ1) is 15.6. The van der Waals surface area contributed by atoms with Gasteiger partial charge >= 0.3 is 5.97 Å². The molecule has 0 unspecified atom stereocenters. The van der Waals surface area contributed by atoms with E-state index in [9.17, 15) is 9.59 Å². The molecule has 0 aliphatic heterocycles. The topological polar surface area (TPSA) is 55.4 Å². The van der Waals surface area contributed by atoms with Gasteiger partial charge in [0.15, 0.2) is 0 Å². The first-order chi connectivity index (χ1) is 9.15. The Kier molecular flexibility index (Phi) is 7.03. The van der Waals surface area contributed by atoms with Crippen molar-refractivity contribution in [2.45, 2.75) is 31.6 Å². The normalized spacial score (nSPS) is 10.0. The second kappa shape index (κ2) is 8.58. The molecule has 1 aromatic rings. The van der Waals surface area contributed by atoms with Gasteiger partial charge in [0.1, 0.15) is 5.94 Å². The lowest BCUT2D eigenvalue weighted by molar-refractivity contribution is -0.138. The third kappa shape index (κ3) is 5.79. The molecule has 0 saturated heterocycles. The number of hydrogen-bond donors (Lipinski definition) is 1. The number of carbonyl (C=O) groups excluding carboxylic acids is 2. The quantitative estimate of drug-likeness (QED) is 0.361. The monoisotopic (exact) mass is 281 g/mol. The summed E-state index contributed by atoms with van der Waals surface area (Å²) < 4.78 is 4.87. The van der Waals surface area contributed by atoms with E-state index < -0.39 is 0 Å². The summed E-state index contributed by atoms with van der Waals surface area (Å²) in [7, 11) is 0. The van der Waals surface area contributed by atoms with Crippen molar-refractivity contribution in [3.05, 3.63) is 29.8 Å². The summed E-state index contributed by atoms with van der Waals surface area (Å²) in [6.45, 7) is 4.12. The second-order valence-corrected chi connectivity index (χ2v) is 4.97. The molecule has 0 atom stereocenters. The van der Waals surface area contributed by atoms with Crippen molar-refractivity contribution in [3.8, 4) is 0 Å². The lowest BCUT2D eigenvalue weighted by Crippen LogP contribution is -2.24. The van der Waals surface area contributed by atoms with Crippen molar-refractivity contribution in [2.24, 2.45) is 0 Å². The molecule has 5 heteroatoms. The van der Waals surface area contributed by atoms with E-state index in [1.54, 1.807) is 6.07 Å². The van der Waals surface area contributed by atoms with Crippen LogP contribution < -0.4 is 5.32 Å². The summed E-state index contributed by atoms with van der Waals surface area (Å²) >= 11 is 1.34. The van der Waals surface area contributed by atoms with Gasteiger partial charge in [-0.25, -0.2) is 0 Å². The fourth-order valence-electron chi connectivity index (χ4n) is 1.43. The maximum absolute atomic E-state index is 12.0. The zero-order valence-corrected chi connectivity index (χ0v) is 12.1. The number of ether oxygens (including phenoxy) is 1. The molecule has 0 spiro atoms. The maximum atomic E-state index is 12.0. The standard InChI is InChI=1S/C14H19NO3S/c1-3-4-9-15-14(17)12-7-5-6-8-13(12)19-10-18-11(2)16/h5-8H,3-4,9-10H2,1-2H3,(H,15,17). The van der Waals surface area contributed by atoms with Crippen LogP contribution in [-0.4, -0.2) is 24.4 Å². The molecular weight excluding hydrogens is 262 g/mol. The van der Waals surface area contributed by atoms with Crippen molar-refractivity contribution in [1.29, 1.82) is 0 Å². The number of esters is 1. The number of thioether (sulfide) groups is 1. The molecule has 0 saturated carbocycles. The van der Waals surface area contributed by atoms with E-state index >= 15 is 0 Å². The van der Waals surface area contributed by atoms with Gasteiger partial charge in [0.05, 0.1) is 5.56 Å². The Bertz CT molecular complexity index is 434. The van der Waals surface area contributed by atoms with Gasteiger partial charge in [0.25, 0.3) is 5.91 Å². The summed E-state index contributed by atoms with van der Waals surface area (Å²) in [6.07, 6.45) is 2.01. The minimum atomic E-state index is -0.322. The highest BCUT2D eigenvalue weighted by atomic mass is 32.2. The highest BCUT2D eigenvalue weighted by Crippen LogP contribution is 2.22. The van der Waals surface area contributed by atoms with Crippen LogP contribution in [0.25, 0.3) is 0 Å². The van der Waals surface area contributed by atoms with Crippen molar-refractivity contribution in [2.75, 3.05) is 12.5 Å². The Morgan fingerprint density at radius 3 is 2.74 bits per heavy atom. The van der Waals surface area contributed by atoms with E-state index in [4.69, 9.17) is 4.74 Å². The first-order valence-corrected chi connectivity index (χ1v) is 7.27. The number of unbranched alkanes of at least 4 members (excludes halogenated alkanes) is 1. The molecule has 19 heavy (non-hydrogen) atoms. The van der Waals surface area contributed by atoms with Gasteiger partial charge in [0, 0.05) is 18.4 Å². The van der Waals surface area contributed by atoms with Crippen LogP contribution in [0.4, 0.5) is 0 Å². The maximum Gasteiger partial charge on any atom is 0.303 e. The number of nitrogens with one attached hydrogen (secondary N) is 1. The molecular formula is C14H19NO3S. The molecule has 1 amide bonds. The van der Waals surface area contributed by atoms with Crippen LogP contribution in [-0.2, 0) is 9.53 Å². The average molecular weight is 281 g/mol.